The minimum atomic E-state index is -4.54. The molecule has 7 nitrogen and oxygen atoms in total. The molecule has 11 heteroatoms. The van der Waals surface area contributed by atoms with E-state index < -0.39 is 11.9 Å². The maximum absolute atomic E-state index is 13.1. The summed E-state index contributed by atoms with van der Waals surface area (Å²) in [5.74, 6) is 0.162. The monoisotopic (exact) mass is 532 g/mol. The lowest BCUT2D eigenvalue weighted by Crippen LogP contribution is -2.29. The van der Waals surface area contributed by atoms with Gasteiger partial charge in [-0.05, 0) is 55.3 Å². The van der Waals surface area contributed by atoms with Crippen molar-refractivity contribution in [3.05, 3.63) is 65.2 Å². The second kappa shape index (κ2) is 9.13. The third-order valence-corrected chi connectivity index (χ3v) is 5.74. The molecule has 0 saturated heterocycles. The number of hydrogen-bond acceptors (Lipinski definition) is 5. The highest BCUT2D eigenvalue weighted by atomic mass is 79.9. The number of carbonyl (C=O) groups is 1. The first-order chi connectivity index (χ1) is 16.1. The molecule has 4 rings (SSSR count). The molecule has 0 radical (unpaired) electrons. The highest BCUT2D eigenvalue weighted by Gasteiger charge is 2.33. The molecule has 0 aliphatic carbocycles. The molecular weight excluding hydrogens is 513 g/mol. The second-order valence-electron chi connectivity index (χ2n) is 7.74. The molecule has 1 aromatic carbocycles. The molecule has 0 N–H and O–H groups in total. The molecule has 1 amide bonds. The molecule has 0 aliphatic heterocycles. The highest BCUT2D eigenvalue weighted by Crippen LogP contribution is 2.31. The van der Waals surface area contributed by atoms with E-state index in [1.165, 1.54) is 6.20 Å². The van der Waals surface area contributed by atoms with Crippen LogP contribution in [0.2, 0.25) is 0 Å². The summed E-state index contributed by atoms with van der Waals surface area (Å²) in [5.41, 5.74) is 2.48. The number of benzene rings is 1. The van der Waals surface area contributed by atoms with Crippen LogP contribution in [-0.4, -0.2) is 43.0 Å². The van der Waals surface area contributed by atoms with Gasteiger partial charge < -0.3 is 4.90 Å². The maximum atomic E-state index is 13.1. The fraction of sp³-hybridized carbons (Fsp3) is 0.261. The van der Waals surface area contributed by atoms with Crippen LogP contribution in [-0.2, 0) is 12.7 Å². The summed E-state index contributed by atoms with van der Waals surface area (Å²) >= 11 is 3.36. The van der Waals surface area contributed by atoms with Crippen molar-refractivity contribution < 1.29 is 18.0 Å². The third-order valence-electron chi connectivity index (χ3n) is 5.38. The van der Waals surface area contributed by atoms with Crippen LogP contribution in [0, 0.1) is 13.8 Å². The molecule has 176 valence electrons. The van der Waals surface area contributed by atoms with Crippen molar-refractivity contribution in [2.75, 3.05) is 17.3 Å². The summed E-state index contributed by atoms with van der Waals surface area (Å²) in [4.78, 5) is 26.9. The third kappa shape index (κ3) is 4.52. The molecule has 3 aromatic heterocycles. The predicted octanol–water partition coefficient (Wildman–Crippen LogP) is 5.20. The number of aryl methyl sites for hydroxylation is 3. The van der Waals surface area contributed by atoms with Gasteiger partial charge in [0.1, 0.15) is 16.9 Å². The minimum absolute atomic E-state index is 0.0786. The topological polar surface area (TPSA) is 76.8 Å². The summed E-state index contributed by atoms with van der Waals surface area (Å²) in [5, 5.41) is 4.86. The Morgan fingerprint density at radius 2 is 1.88 bits per heavy atom. The summed E-state index contributed by atoms with van der Waals surface area (Å²) in [6.07, 6.45) is -1.66. The van der Waals surface area contributed by atoms with Gasteiger partial charge in [-0.15, -0.1) is 0 Å². The predicted molar refractivity (Wildman–Crippen MR) is 126 cm³/mol. The lowest BCUT2D eigenvalue weighted by atomic mass is 10.1. The van der Waals surface area contributed by atoms with Gasteiger partial charge in [0.15, 0.2) is 5.82 Å². The number of amides is 1. The van der Waals surface area contributed by atoms with Crippen molar-refractivity contribution in [3.8, 4) is 11.4 Å². The molecule has 4 aromatic rings. The number of alkyl halides is 4. The van der Waals surface area contributed by atoms with Crippen molar-refractivity contribution in [2.45, 2.75) is 26.6 Å². The first-order valence-electron chi connectivity index (χ1n) is 10.3. The van der Waals surface area contributed by atoms with E-state index in [-0.39, 0.29) is 11.4 Å². The molecule has 0 bridgehead atoms. The Balaban J connectivity index is 1.66. The van der Waals surface area contributed by atoms with Crippen LogP contribution in [0.25, 0.3) is 22.4 Å². The van der Waals surface area contributed by atoms with Crippen molar-refractivity contribution in [1.29, 1.82) is 0 Å². The first-order valence-corrected chi connectivity index (χ1v) is 11.4. The molecule has 0 unspecified atom stereocenters. The van der Waals surface area contributed by atoms with Crippen molar-refractivity contribution >= 4 is 38.6 Å². The summed E-state index contributed by atoms with van der Waals surface area (Å²) in [7, 11) is 1.69. The smallest absolute Gasteiger partial charge is 0.310 e. The number of pyridine rings is 1. The summed E-state index contributed by atoms with van der Waals surface area (Å²) < 4.78 is 40.8. The number of fused-ring (bicyclic) bond motifs is 1. The van der Waals surface area contributed by atoms with Gasteiger partial charge in [0, 0.05) is 29.8 Å². The van der Waals surface area contributed by atoms with Gasteiger partial charge in [0.25, 0.3) is 5.91 Å². The van der Waals surface area contributed by atoms with Gasteiger partial charge >= 0.3 is 6.18 Å². The fourth-order valence-corrected chi connectivity index (χ4v) is 4.03. The SMILES string of the molecule is Cc1cc(-c2ncc3nc(C(F)(F)F)cc(C)c3n2)ccc1N(C)C(=O)c1ccnn1CCBr. The van der Waals surface area contributed by atoms with E-state index in [0.29, 0.717) is 45.7 Å². The van der Waals surface area contributed by atoms with Crippen LogP contribution < -0.4 is 4.90 Å². The number of anilines is 1. The average Bonchev–Trinajstić information content (AvgIpc) is 3.25. The van der Waals surface area contributed by atoms with Crippen LogP contribution in [0.5, 0.6) is 0 Å². The zero-order valence-electron chi connectivity index (χ0n) is 18.6. The Morgan fingerprint density at radius 1 is 1.12 bits per heavy atom. The molecular formula is C23H20BrF3N6O. The largest absolute Gasteiger partial charge is 0.433 e. The van der Waals surface area contributed by atoms with Gasteiger partial charge in [0.2, 0.25) is 0 Å². The van der Waals surface area contributed by atoms with Crippen LogP contribution in [0.3, 0.4) is 0 Å². The normalized spacial score (nSPS) is 11.7. The highest BCUT2D eigenvalue weighted by molar-refractivity contribution is 9.09. The molecule has 0 atom stereocenters. The Morgan fingerprint density at radius 3 is 2.56 bits per heavy atom. The summed E-state index contributed by atoms with van der Waals surface area (Å²) in [6, 6.07) is 8.06. The number of aromatic nitrogens is 5. The molecule has 0 fully saturated rings. The fourth-order valence-electron chi connectivity index (χ4n) is 3.69. The number of carbonyl (C=O) groups excluding carboxylic acids is 1. The number of rotatable bonds is 5. The molecule has 34 heavy (non-hydrogen) atoms. The summed E-state index contributed by atoms with van der Waals surface area (Å²) in [6.45, 7) is 3.99. The molecule has 0 aliphatic rings. The minimum Gasteiger partial charge on any atom is -0.310 e. The number of hydrogen-bond donors (Lipinski definition) is 0. The quantitative estimate of drug-likeness (QED) is 0.330. The van der Waals surface area contributed by atoms with Gasteiger partial charge in [-0.3, -0.25) is 9.48 Å². The van der Waals surface area contributed by atoms with Gasteiger partial charge in [0.05, 0.1) is 18.3 Å². The van der Waals surface area contributed by atoms with E-state index in [4.69, 9.17) is 0 Å². The van der Waals surface area contributed by atoms with Gasteiger partial charge in [-0.25, -0.2) is 15.0 Å². The first kappa shape index (κ1) is 23.8. The van der Waals surface area contributed by atoms with E-state index in [2.05, 4.69) is 36.0 Å². The van der Waals surface area contributed by atoms with E-state index in [1.54, 1.807) is 47.9 Å². The Hall–Kier alpha value is -3.34. The number of nitrogens with zero attached hydrogens (tertiary/aromatic N) is 6. The van der Waals surface area contributed by atoms with E-state index in [9.17, 15) is 18.0 Å². The second-order valence-corrected chi connectivity index (χ2v) is 8.54. The van der Waals surface area contributed by atoms with Crippen molar-refractivity contribution in [1.82, 2.24) is 24.7 Å². The average molecular weight is 533 g/mol. The van der Waals surface area contributed by atoms with E-state index >= 15 is 0 Å². The number of halogens is 4. The maximum Gasteiger partial charge on any atom is 0.433 e. The van der Waals surface area contributed by atoms with Crippen molar-refractivity contribution in [2.24, 2.45) is 0 Å². The zero-order valence-corrected chi connectivity index (χ0v) is 20.1. The molecule has 3 heterocycles. The van der Waals surface area contributed by atoms with Crippen LogP contribution in [0.4, 0.5) is 18.9 Å². The van der Waals surface area contributed by atoms with Crippen LogP contribution in [0.1, 0.15) is 27.3 Å². The van der Waals surface area contributed by atoms with Crippen LogP contribution in [0.15, 0.2) is 42.7 Å². The Kier molecular flexibility index (Phi) is 6.39. The molecule has 0 saturated carbocycles. The zero-order chi connectivity index (χ0) is 24.6. The van der Waals surface area contributed by atoms with Gasteiger partial charge in [-0.2, -0.15) is 18.3 Å². The van der Waals surface area contributed by atoms with Gasteiger partial charge in [-0.1, -0.05) is 15.9 Å². The standard InChI is InChI=1S/C23H20BrF3N6O/c1-13-10-15(4-5-17(13)32(3)22(34)18-6-8-29-33(18)9-7-24)21-28-12-16-20(31-21)14(2)11-19(30-16)23(25,26)27/h4-6,8,10-12H,7,9H2,1-3H3. The van der Waals surface area contributed by atoms with E-state index in [1.807, 2.05) is 13.0 Å². The molecule has 0 spiro atoms. The lowest BCUT2D eigenvalue weighted by molar-refractivity contribution is -0.141. The lowest BCUT2D eigenvalue weighted by Gasteiger charge is -2.20. The van der Waals surface area contributed by atoms with E-state index in [0.717, 1.165) is 11.6 Å². The van der Waals surface area contributed by atoms with Crippen LogP contribution >= 0.6 is 15.9 Å². The van der Waals surface area contributed by atoms with Crippen molar-refractivity contribution in [3.63, 3.8) is 0 Å². The Bertz CT molecular complexity index is 1390. The Labute approximate surface area is 201 Å².